The second-order valence-electron chi connectivity index (χ2n) is 32.7. The molecule has 1 aliphatic carbocycles. The average molecular weight is 1760 g/mol. The van der Waals surface area contributed by atoms with Crippen molar-refractivity contribution in [3.8, 4) is 11.3 Å². The maximum absolute atomic E-state index is 14.8. The fraction of sp³-hybridized carbons (Fsp3) is 0.640. The summed E-state index contributed by atoms with van der Waals surface area (Å²) in [6, 6.07) is 10.2. The van der Waals surface area contributed by atoms with Gasteiger partial charge in [-0.1, -0.05) is 93.5 Å². The van der Waals surface area contributed by atoms with Crippen LogP contribution >= 0.6 is 0 Å². The average Bonchev–Trinajstić information content (AvgIpc) is 1.55. The number of carbonyl (C=O) groups excluding carboxylic acids is 6. The molecule has 3 fully saturated rings. The molecule has 2 aromatic carbocycles. The highest BCUT2D eigenvalue weighted by molar-refractivity contribution is 6.39. The van der Waals surface area contributed by atoms with Gasteiger partial charge in [0.2, 0.25) is 11.7 Å². The zero-order valence-electron chi connectivity index (χ0n) is 73.8. The Hall–Kier alpha value is -9.25. The molecule has 37 nitrogen and oxygen atoms in total. The lowest BCUT2D eigenvalue weighted by Crippen LogP contribution is -2.61. The van der Waals surface area contributed by atoms with Crippen molar-refractivity contribution in [2.75, 3.05) is 144 Å². The Bertz CT molecular complexity index is 4440. The highest BCUT2D eigenvalue weighted by atomic mass is 16.6. The summed E-state index contributed by atoms with van der Waals surface area (Å²) in [6.07, 6.45) is 8.92. The topological polar surface area (TPSA) is 507 Å². The van der Waals surface area contributed by atoms with E-state index in [1.54, 1.807) is 51.6 Å². The van der Waals surface area contributed by atoms with Crippen LogP contribution in [0.2, 0.25) is 0 Å². The number of oxazole rings is 1. The van der Waals surface area contributed by atoms with Gasteiger partial charge in [-0.15, -0.1) is 0 Å². The summed E-state index contributed by atoms with van der Waals surface area (Å²) in [6.45, 7) is 16.9. The number of ether oxygens (including phenoxy) is 13. The second-order valence-corrected chi connectivity index (χ2v) is 32.7. The molecule has 694 valence electrons. The van der Waals surface area contributed by atoms with Gasteiger partial charge in [0.15, 0.2) is 17.0 Å². The van der Waals surface area contributed by atoms with Crippen LogP contribution in [0.1, 0.15) is 136 Å². The zero-order valence-corrected chi connectivity index (χ0v) is 73.8. The molecule has 2 bridgehead atoms. The van der Waals surface area contributed by atoms with Crippen molar-refractivity contribution in [3.63, 3.8) is 0 Å². The van der Waals surface area contributed by atoms with Crippen LogP contribution in [-0.4, -0.2) is 280 Å². The molecule has 3 aliphatic heterocycles. The van der Waals surface area contributed by atoms with Crippen LogP contribution in [0.25, 0.3) is 43.8 Å². The summed E-state index contributed by atoms with van der Waals surface area (Å²) in [4.78, 5) is 100. The quantitative estimate of drug-likeness (QED) is 0.00350. The van der Waals surface area contributed by atoms with Crippen LogP contribution in [0.15, 0.2) is 106 Å². The largest absolute Gasteiger partial charge is 0.459 e. The second kappa shape index (κ2) is 52.3. The number of azide groups is 1. The number of aromatic nitrogens is 5. The van der Waals surface area contributed by atoms with E-state index >= 15 is 0 Å². The molecule has 16 atom stereocenters. The smallest absolute Gasteiger partial charge is 0.407 e. The van der Waals surface area contributed by atoms with Gasteiger partial charge >= 0.3 is 12.1 Å². The van der Waals surface area contributed by atoms with Crippen molar-refractivity contribution >= 4 is 69.4 Å². The van der Waals surface area contributed by atoms with Gasteiger partial charge in [-0.2, -0.15) is 10.1 Å². The van der Waals surface area contributed by atoms with E-state index in [9.17, 15) is 49.6 Å². The zero-order chi connectivity index (χ0) is 90.5. The molecule has 5 aromatic rings. The van der Waals surface area contributed by atoms with E-state index in [0.29, 0.717) is 184 Å². The summed E-state index contributed by atoms with van der Waals surface area (Å²) in [7, 11) is 3.06. The van der Waals surface area contributed by atoms with E-state index < -0.39 is 114 Å². The Morgan fingerprint density at radius 2 is 1.37 bits per heavy atom. The molecular weight excluding hydrogens is 1630 g/mol. The van der Waals surface area contributed by atoms with Crippen LogP contribution in [-0.2, 0) is 98.6 Å². The van der Waals surface area contributed by atoms with E-state index in [2.05, 4.69) is 35.6 Å². The molecule has 1 unspecified atom stereocenters. The number of nitrogens with zero attached hydrogens (tertiary/aromatic N) is 9. The van der Waals surface area contributed by atoms with Crippen LogP contribution in [0, 0.1) is 29.6 Å². The lowest BCUT2D eigenvalue weighted by atomic mass is 9.80. The number of hydrogen-bond donors (Lipinski definition) is 8. The van der Waals surface area contributed by atoms with Gasteiger partial charge in [0.1, 0.15) is 53.8 Å². The van der Waals surface area contributed by atoms with Crippen molar-refractivity contribution in [2.24, 2.45) is 40.4 Å². The molecule has 6 heterocycles. The van der Waals surface area contributed by atoms with Crippen molar-refractivity contribution < 1.29 is 110 Å². The van der Waals surface area contributed by atoms with Gasteiger partial charge in [-0.25, -0.2) is 24.2 Å². The first-order valence-corrected chi connectivity index (χ1v) is 43.7. The van der Waals surface area contributed by atoms with Crippen molar-refractivity contribution in [2.45, 2.75) is 205 Å². The van der Waals surface area contributed by atoms with Gasteiger partial charge in [0.25, 0.3) is 17.7 Å². The van der Waals surface area contributed by atoms with E-state index in [4.69, 9.17) is 88.3 Å². The number of rotatable bonds is 39. The molecule has 4 aliphatic rings. The molecule has 9 rings (SSSR count). The number of cyclic esters (lactones) is 1. The number of benzene rings is 2. The number of allylic oxidation sites excluding steroid dienone is 5. The third-order valence-corrected chi connectivity index (χ3v) is 23.3. The van der Waals surface area contributed by atoms with E-state index in [0.717, 1.165) is 27.2 Å². The minimum Gasteiger partial charge on any atom is -0.459 e. The molecule has 0 spiro atoms. The van der Waals surface area contributed by atoms with E-state index in [1.165, 1.54) is 13.4 Å². The number of amides is 3. The first kappa shape index (κ1) is 101. The summed E-state index contributed by atoms with van der Waals surface area (Å²) >= 11 is 0. The van der Waals surface area contributed by atoms with Crippen LogP contribution in [0.3, 0.4) is 0 Å². The number of fused-ring (bicyclic) bond motifs is 5. The molecule has 3 aromatic heterocycles. The fourth-order valence-corrected chi connectivity index (χ4v) is 16.0. The van der Waals surface area contributed by atoms with Crippen molar-refractivity contribution in [1.82, 2.24) is 40.3 Å². The standard InChI is InChI=1S/C89H130N14O23/c1-56-14-10-9-11-15-57(2)73(113-7)51-66-24-17-61(6)89(112,126-66)82(108)85(109)102-29-13-12-16-70(102)86(110)123-74(52-68(99-101-93)58(3)47-60(5)80(106)81(107)79(105)59(4)46-56)67(90)48-64-22-25-72(75(49-64)114-8)125-88(111)94-28-31-116-33-35-118-37-39-120-41-43-122-45-44-121-42-40-119-38-36-117-34-32-115-30-27-76(104)95-53-62-18-20-63(21-19-62)54-103-84-77(83(91)96-55-97-84)78(100-103)65-23-26-71-69(50-65)98-87(92)124-71/h9-11,14-15,18-21,23,26,47,50,55-56,58-59,61,64,66-68,70,72-75,80-81,106-107,112H,12-13,16-17,22,24-25,27-46,48-49,51-54,90H2,1-8H3,(H2,92,98)(H,94,111)(H,95,104)(H2,91,96,97)/b11-9+,14-10+,57-15+,60-47+/t56-,58-,59-,61-,64+,66+,67-,68?,70+,72-,73+,74+,75-,80-,81+,89-/m1/s1. The normalized spacial score (nSPS) is 27.0. The SMILES string of the molecule is CO[C@H]1C[C@@H]2CC[C@@H](C)[C@@](O)(O2)C(=O)C(=O)N2CCCC[C@H]2C(=O)O[C@H]([C@H](N)C[C@@H]2CC[C@@H](OC(=O)NCCOCCOCCOCCOCCOCCOCCOCCOCCC(=O)NCc3ccc(Cn4nc(-c5ccc6oc(N)nc6c5)c5c(N)ncnc54)cc3)[C@H](OC)C2)CC(N=[N+]=[N-])[C@H](C)/C=C(\C)[C@@H](O)[C@@H](O)C(=O)[C@H](C)C[C@H](C)/C=C/C=C/C=C/1C. The molecule has 126 heavy (non-hydrogen) atoms. The summed E-state index contributed by atoms with van der Waals surface area (Å²) < 4.78 is 82.2. The molecule has 37 heteroatoms. The number of hydrogen-bond acceptors (Lipinski definition) is 31. The number of methoxy groups -OCH3 is 2. The number of aliphatic hydroxyl groups excluding tert-OH is 2. The predicted molar refractivity (Wildman–Crippen MR) is 465 cm³/mol. The van der Waals surface area contributed by atoms with Gasteiger partial charge < -0.3 is 114 Å². The molecular formula is C89H130N14O23. The number of nitrogens with one attached hydrogen (secondary N) is 2. The number of aliphatic hydroxyl groups is 3. The third-order valence-electron chi connectivity index (χ3n) is 23.3. The number of piperidine rings is 1. The number of ketones is 2. The third kappa shape index (κ3) is 30.7. The summed E-state index contributed by atoms with van der Waals surface area (Å²) in [5.41, 5.74) is 35.3. The lowest BCUT2D eigenvalue weighted by molar-refractivity contribution is -0.265. The lowest BCUT2D eigenvalue weighted by Gasteiger charge is -2.43. The van der Waals surface area contributed by atoms with Crippen molar-refractivity contribution in [1.29, 1.82) is 0 Å². The van der Waals surface area contributed by atoms with Crippen LogP contribution < -0.4 is 27.8 Å². The van der Waals surface area contributed by atoms with E-state index in [-0.39, 0.29) is 94.3 Å². The number of anilines is 2. The van der Waals surface area contributed by atoms with Gasteiger partial charge in [-0.05, 0) is 148 Å². The number of esters is 1. The summed E-state index contributed by atoms with van der Waals surface area (Å²) in [5.74, 6) is -8.41. The Morgan fingerprint density at radius 1 is 0.722 bits per heavy atom. The molecule has 3 amide bonds. The maximum Gasteiger partial charge on any atom is 0.407 e. The fourth-order valence-electron chi connectivity index (χ4n) is 16.0. The minimum absolute atomic E-state index is 0.000530. The van der Waals surface area contributed by atoms with Gasteiger partial charge in [-0.3, -0.25) is 19.2 Å². The Kier molecular flexibility index (Phi) is 41.7. The molecule has 11 N–H and O–H groups in total. The maximum atomic E-state index is 14.8. The van der Waals surface area contributed by atoms with Gasteiger partial charge in [0, 0.05) is 81.1 Å². The van der Waals surface area contributed by atoms with Gasteiger partial charge in [0.05, 0.1) is 136 Å². The summed E-state index contributed by atoms with van der Waals surface area (Å²) in [5, 5.41) is 50.1. The number of Topliss-reactive ketones (excluding diaryl/α,β-unsaturated/α-hetero) is 2. The molecule has 1 saturated carbocycles. The first-order chi connectivity index (χ1) is 60.8. The van der Waals surface area contributed by atoms with Crippen LogP contribution in [0.4, 0.5) is 16.6 Å². The monoisotopic (exact) mass is 1760 g/mol. The minimum atomic E-state index is -2.52. The Balaban J connectivity index is 0.602. The number of alkyl carbamates (subject to hydrolysis) is 1. The van der Waals surface area contributed by atoms with E-state index in [1.807, 2.05) is 80.6 Å². The Labute approximate surface area is 735 Å². The first-order valence-electron chi connectivity index (χ1n) is 43.7. The highest BCUT2D eigenvalue weighted by Gasteiger charge is 2.53. The number of carbonyl (C=O) groups is 6. The number of nitrogen functional groups attached to an aromatic ring is 2. The Morgan fingerprint density at radius 3 is 2.02 bits per heavy atom. The predicted octanol–water partition coefficient (Wildman–Crippen LogP) is 8.06. The highest BCUT2D eigenvalue weighted by Crippen LogP contribution is 2.39. The van der Waals surface area contributed by atoms with Crippen molar-refractivity contribution in [3.05, 3.63) is 118 Å². The molecule has 2 saturated heterocycles. The molecule has 0 radical (unpaired) electrons. The van der Waals surface area contributed by atoms with Crippen LogP contribution in [0.5, 0.6) is 0 Å². The number of nitrogens with two attached hydrogens (primary N) is 3.